The fourth-order valence-corrected chi connectivity index (χ4v) is 3.38. The smallest absolute Gasteiger partial charge is 0.121 e. The largest absolute Gasteiger partial charge is 0.507 e. The summed E-state index contributed by atoms with van der Waals surface area (Å²) in [6, 6.07) is 8.24. The van der Waals surface area contributed by atoms with Gasteiger partial charge in [-0.1, -0.05) is 12.1 Å². The molecule has 1 aromatic carbocycles. The van der Waals surface area contributed by atoms with Crippen molar-refractivity contribution >= 4 is 27.3 Å². The van der Waals surface area contributed by atoms with Crippen LogP contribution in [0.1, 0.15) is 21.6 Å². The average Bonchev–Trinajstić information content (AvgIpc) is 2.72. The number of rotatable bonds is 4. The number of benzene rings is 1. The van der Waals surface area contributed by atoms with Crippen LogP contribution in [0.2, 0.25) is 0 Å². The first-order chi connectivity index (χ1) is 8.56. The van der Waals surface area contributed by atoms with Crippen LogP contribution in [0, 0.1) is 13.8 Å². The van der Waals surface area contributed by atoms with Crippen molar-refractivity contribution in [2.24, 2.45) is 0 Å². The van der Waals surface area contributed by atoms with E-state index < -0.39 is 0 Å². The van der Waals surface area contributed by atoms with Gasteiger partial charge in [-0.25, -0.2) is 0 Å². The van der Waals surface area contributed by atoms with Gasteiger partial charge < -0.3 is 10.4 Å². The highest BCUT2D eigenvalue weighted by molar-refractivity contribution is 9.11. The lowest BCUT2D eigenvalue weighted by Crippen LogP contribution is -2.12. The van der Waals surface area contributed by atoms with E-state index in [2.05, 4.69) is 33.4 Å². The first-order valence-corrected chi connectivity index (χ1v) is 7.41. The van der Waals surface area contributed by atoms with Crippen molar-refractivity contribution in [2.75, 3.05) is 0 Å². The molecule has 2 N–H and O–H groups in total. The highest BCUT2D eigenvalue weighted by atomic mass is 79.9. The van der Waals surface area contributed by atoms with Crippen LogP contribution in [-0.4, -0.2) is 5.11 Å². The standard InChI is InChI=1S/C14H16BrNOS/c1-9-5-11(6-10(2)14(9)17)7-16-8-12-3-4-13(15)18-12/h3-6,16-17H,7-8H2,1-2H3. The topological polar surface area (TPSA) is 32.3 Å². The molecule has 1 heterocycles. The molecular weight excluding hydrogens is 310 g/mol. The van der Waals surface area contributed by atoms with Gasteiger partial charge in [0.05, 0.1) is 3.79 Å². The number of phenols is 1. The van der Waals surface area contributed by atoms with E-state index in [0.717, 1.165) is 28.0 Å². The van der Waals surface area contributed by atoms with Crippen molar-refractivity contribution in [3.8, 4) is 5.75 Å². The van der Waals surface area contributed by atoms with Gasteiger partial charge >= 0.3 is 0 Å². The van der Waals surface area contributed by atoms with Gasteiger partial charge in [-0.05, 0) is 58.6 Å². The van der Waals surface area contributed by atoms with E-state index in [1.165, 1.54) is 10.4 Å². The van der Waals surface area contributed by atoms with Crippen molar-refractivity contribution in [1.29, 1.82) is 0 Å². The van der Waals surface area contributed by atoms with Crippen molar-refractivity contribution in [3.05, 3.63) is 49.6 Å². The highest BCUT2D eigenvalue weighted by Crippen LogP contribution is 2.24. The summed E-state index contributed by atoms with van der Waals surface area (Å²) in [5.41, 5.74) is 3.08. The molecule has 2 rings (SSSR count). The third kappa shape index (κ3) is 3.34. The summed E-state index contributed by atoms with van der Waals surface area (Å²) in [5, 5.41) is 13.1. The number of nitrogens with one attached hydrogen (secondary N) is 1. The normalized spacial score (nSPS) is 10.8. The lowest BCUT2D eigenvalue weighted by molar-refractivity contribution is 0.466. The Morgan fingerprint density at radius 1 is 1.17 bits per heavy atom. The molecule has 96 valence electrons. The van der Waals surface area contributed by atoms with Gasteiger partial charge in [-0.15, -0.1) is 11.3 Å². The minimum Gasteiger partial charge on any atom is -0.507 e. The summed E-state index contributed by atoms with van der Waals surface area (Å²) in [6.45, 7) is 5.55. The van der Waals surface area contributed by atoms with Gasteiger partial charge in [-0.2, -0.15) is 0 Å². The maximum absolute atomic E-state index is 9.71. The van der Waals surface area contributed by atoms with E-state index in [4.69, 9.17) is 0 Å². The first kappa shape index (κ1) is 13.6. The molecule has 18 heavy (non-hydrogen) atoms. The Kier molecular flexibility index (Phi) is 4.43. The van der Waals surface area contributed by atoms with E-state index in [-0.39, 0.29) is 0 Å². The number of hydrogen-bond donors (Lipinski definition) is 2. The Morgan fingerprint density at radius 2 is 1.83 bits per heavy atom. The molecule has 2 nitrogen and oxygen atoms in total. The fraction of sp³-hybridized carbons (Fsp3) is 0.286. The minimum absolute atomic E-state index is 0.404. The zero-order chi connectivity index (χ0) is 13.1. The molecular formula is C14H16BrNOS. The molecule has 0 bridgehead atoms. The van der Waals surface area contributed by atoms with Crippen molar-refractivity contribution in [2.45, 2.75) is 26.9 Å². The van der Waals surface area contributed by atoms with E-state index in [0.29, 0.717) is 5.75 Å². The van der Waals surface area contributed by atoms with Crippen LogP contribution in [0.5, 0.6) is 5.75 Å². The number of aryl methyl sites for hydroxylation is 2. The summed E-state index contributed by atoms with van der Waals surface area (Å²) in [4.78, 5) is 1.31. The fourth-order valence-electron chi connectivity index (χ4n) is 1.92. The van der Waals surface area contributed by atoms with Crippen LogP contribution in [0.15, 0.2) is 28.1 Å². The maximum Gasteiger partial charge on any atom is 0.121 e. The van der Waals surface area contributed by atoms with E-state index in [1.54, 1.807) is 11.3 Å². The molecule has 0 aliphatic carbocycles. The minimum atomic E-state index is 0.404. The van der Waals surface area contributed by atoms with Gasteiger partial charge in [0.25, 0.3) is 0 Å². The predicted octanol–water partition coefficient (Wildman–Crippen LogP) is 4.12. The second-order valence-corrected chi connectivity index (χ2v) is 6.94. The van der Waals surface area contributed by atoms with Gasteiger partial charge in [0.15, 0.2) is 0 Å². The van der Waals surface area contributed by atoms with Crippen molar-refractivity contribution < 1.29 is 5.11 Å². The molecule has 0 fully saturated rings. The summed E-state index contributed by atoms with van der Waals surface area (Å²) >= 11 is 5.20. The molecule has 0 unspecified atom stereocenters. The Labute approximate surface area is 120 Å². The number of thiophene rings is 1. The molecule has 0 aliphatic heterocycles. The molecule has 0 amide bonds. The number of halogens is 1. The summed E-state index contributed by atoms with van der Waals surface area (Å²) in [5.74, 6) is 0.404. The molecule has 1 aromatic heterocycles. The van der Waals surface area contributed by atoms with Gasteiger partial charge in [0, 0.05) is 18.0 Å². The zero-order valence-electron chi connectivity index (χ0n) is 10.5. The van der Waals surface area contributed by atoms with Crippen LogP contribution in [0.25, 0.3) is 0 Å². The molecule has 2 aromatic rings. The zero-order valence-corrected chi connectivity index (χ0v) is 12.9. The Morgan fingerprint density at radius 3 is 2.39 bits per heavy atom. The predicted molar refractivity (Wildman–Crippen MR) is 80.1 cm³/mol. The SMILES string of the molecule is Cc1cc(CNCc2ccc(Br)s2)cc(C)c1O. The summed E-state index contributed by atoms with van der Waals surface area (Å²) < 4.78 is 1.16. The second kappa shape index (κ2) is 5.87. The third-order valence-electron chi connectivity index (χ3n) is 2.81. The van der Waals surface area contributed by atoms with E-state index >= 15 is 0 Å². The number of aromatic hydroxyl groups is 1. The van der Waals surface area contributed by atoms with Crippen LogP contribution in [-0.2, 0) is 13.1 Å². The highest BCUT2D eigenvalue weighted by Gasteiger charge is 2.03. The van der Waals surface area contributed by atoms with Crippen molar-refractivity contribution in [3.63, 3.8) is 0 Å². The van der Waals surface area contributed by atoms with Crippen LogP contribution in [0.3, 0.4) is 0 Å². The Hall–Kier alpha value is -0.840. The quantitative estimate of drug-likeness (QED) is 0.886. The summed E-state index contributed by atoms with van der Waals surface area (Å²) in [7, 11) is 0. The lowest BCUT2D eigenvalue weighted by Gasteiger charge is -2.08. The Bertz CT molecular complexity index is 527. The average molecular weight is 326 g/mol. The van der Waals surface area contributed by atoms with E-state index in [1.807, 2.05) is 26.0 Å². The molecule has 0 radical (unpaired) electrons. The lowest BCUT2D eigenvalue weighted by atomic mass is 10.1. The first-order valence-electron chi connectivity index (χ1n) is 5.80. The summed E-state index contributed by atoms with van der Waals surface area (Å²) in [6.07, 6.45) is 0. The van der Waals surface area contributed by atoms with Gasteiger partial charge in [0.1, 0.15) is 5.75 Å². The Balaban J connectivity index is 1.94. The van der Waals surface area contributed by atoms with Crippen LogP contribution >= 0.6 is 27.3 Å². The molecule has 0 atom stereocenters. The van der Waals surface area contributed by atoms with Crippen molar-refractivity contribution in [1.82, 2.24) is 5.32 Å². The maximum atomic E-state index is 9.71. The van der Waals surface area contributed by atoms with Gasteiger partial charge in [-0.3, -0.25) is 0 Å². The van der Waals surface area contributed by atoms with Crippen LogP contribution in [0.4, 0.5) is 0 Å². The molecule has 4 heteroatoms. The third-order valence-corrected chi connectivity index (χ3v) is 4.43. The monoisotopic (exact) mass is 325 g/mol. The molecule has 0 saturated heterocycles. The molecule has 0 aliphatic rings. The number of phenolic OH excluding ortho intramolecular Hbond substituents is 1. The molecule has 0 saturated carbocycles. The van der Waals surface area contributed by atoms with Gasteiger partial charge in [0.2, 0.25) is 0 Å². The van der Waals surface area contributed by atoms with Crippen LogP contribution < -0.4 is 5.32 Å². The molecule has 0 spiro atoms. The second-order valence-electron chi connectivity index (χ2n) is 4.39. The number of hydrogen-bond acceptors (Lipinski definition) is 3. The van der Waals surface area contributed by atoms with E-state index in [9.17, 15) is 5.11 Å².